The summed E-state index contributed by atoms with van der Waals surface area (Å²) in [7, 11) is 3.95. The highest BCUT2D eigenvalue weighted by molar-refractivity contribution is 6.00. The van der Waals surface area contributed by atoms with Gasteiger partial charge in [-0.3, -0.25) is 14.4 Å². The van der Waals surface area contributed by atoms with E-state index in [-0.39, 0.29) is 24.2 Å². The first-order chi connectivity index (χ1) is 15.7. The van der Waals surface area contributed by atoms with Gasteiger partial charge in [-0.25, -0.2) is 0 Å². The Balaban J connectivity index is 1.85. The molecule has 0 spiro atoms. The highest BCUT2D eigenvalue weighted by atomic mass is 16.7. The van der Waals surface area contributed by atoms with Crippen LogP contribution in [-0.4, -0.2) is 61.3 Å². The summed E-state index contributed by atoms with van der Waals surface area (Å²) < 4.78 is 12.7. The van der Waals surface area contributed by atoms with E-state index in [1.807, 2.05) is 44.3 Å². The predicted octanol–water partition coefficient (Wildman–Crippen LogP) is 1.96. The van der Waals surface area contributed by atoms with Crippen molar-refractivity contribution in [2.75, 3.05) is 34.0 Å². The molecule has 2 aromatic rings. The third-order valence-corrected chi connectivity index (χ3v) is 5.57. The zero-order valence-corrected chi connectivity index (χ0v) is 20.1. The summed E-state index contributed by atoms with van der Waals surface area (Å²) >= 11 is 0. The minimum absolute atomic E-state index is 0.00243. The van der Waals surface area contributed by atoms with Crippen molar-refractivity contribution in [3.63, 3.8) is 0 Å². The number of carbonyl (C=O) groups is 2. The fraction of sp³-hybridized carbons (Fsp3) is 0.542. The molecular weight excluding hydrogens is 424 g/mol. The van der Waals surface area contributed by atoms with E-state index < -0.39 is 17.4 Å². The number of amides is 2. The molecule has 1 aliphatic rings. The molecular formula is C24H34N4O5. The first-order valence-electron chi connectivity index (χ1n) is 11.4. The Kier molecular flexibility index (Phi) is 7.97. The van der Waals surface area contributed by atoms with E-state index in [1.165, 1.54) is 0 Å². The maximum absolute atomic E-state index is 13.2. The van der Waals surface area contributed by atoms with Crippen molar-refractivity contribution >= 4 is 22.7 Å². The molecule has 3 rings (SSSR count). The van der Waals surface area contributed by atoms with Gasteiger partial charge in [-0.05, 0) is 52.4 Å². The molecule has 33 heavy (non-hydrogen) atoms. The number of aryl methyl sites for hydroxylation is 1. The molecule has 1 aliphatic heterocycles. The molecule has 0 bridgehead atoms. The van der Waals surface area contributed by atoms with Gasteiger partial charge in [0.1, 0.15) is 11.6 Å². The molecule has 2 heterocycles. The lowest BCUT2D eigenvalue weighted by Crippen LogP contribution is -2.48. The fourth-order valence-electron chi connectivity index (χ4n) is 3.87. The van der Waals surface area contributed by atoms with Gasteiger partial charge in [0.2, 0.25) is 18.1 Å². The topological polar surface area (TPSA) is 102 Å². The van der Waals surface area contributed by atoms with Crippen molar-refractivity contribution in [1.82, 2.24) is 20.1 Å². The Hall–Kier alpha value is -3.07. The van der Waals surface area contributed by atoms with E-state index in [9.17, 15) is 14.4 Å². The van der Waals surface area contributed by atoms with Gasteiger partial charge in [0.05, 0.1) is 10.9 Å². The Morgan fingerprint density at radius 3 is 2.52 bits per heavy atom. The molecule has 0 fully saturated rings. The molecule has 0 unspecified atom stereocenters. The summed E-state index contributed by atoms with van der Waals surface area (Å²) in [6, 6.07) is 2.65. The molecule has 1 atom stereocenters. The summed E-state index contributed by atoms with van der Waals surface area (Å²) in [5, 5.41) is 6.07. The summed E-state index contributed by atoms with van der Waals surface area (Å²) in [6.45, 7) is 7.93. The van der Waals surface area contributed by atoms with Crippen molar-refractivity contribution in [1.29, 1.82) is 0 Å². The second-order valence-electron chi connectivity index (χ2n) is 8.98. The Labute approximate surface area is 194 Å². The van der Waals surface area contributed by atoms with Crippen LogP contribution in [0.1, 0.15) is 44.0 Å². The maximum Gasteiger partial charge on any atom is 0.257 e. The summed E-state index contributed by atoms with van der Waals surface area (Å²) in [4.78, 5) is 41.2. The molecule has 2 N–H and O–H groups in total. The van der Waals surface area contributed by atoms with Crippen LogP contribution in [0.5, 0.6) is 11.5 Å². The number of hydrogen-bond donors (Lipinski definition) is 2. The number of benzene rings is 1. The first kappa shape index (κ1) is 24.6. The van der Waals surface area contributed by atoms with Crippen molar-refractivity contribution in [2.45, 2.75) is 46.2 Å². The summed E-state index contributed by atoms with van der Waals surface area (Å²) in [5.74, 6) is 0.442. The van der Waals surface area contributed by atoms with Crippen LogP contribution in [0.4, 0.5) is 0 Å². The number of fused-ring (bicyclic) bond motifs is 2. The molecule has 180 valence electrons. The fourth-order valence-corrected chi connectivity index (χ4v) is 3.87. The van der Waals surface area contributed by atoms with E-state index in [0.29, 0.717) is 41.9 Å². The zero-order valence-electron chi connectivity index (χ0n) is 20.1. The van der Waals surface area contributed by atoms with Crippen molar-refractivity contribution in [3.05, 3.63) is 34.1 Å². The van der Waals surface area contributed by atoms with Gasteiger partial charge in [-0.1, -0.05) is 13.8 Å². The molecule has 9 nitrogen and oxygen atoms in total. The van der Waals surface area contributed by atoms with Crippen LogP contribution in [0.15, 0.2) is 23.1 Å². The molecule has 0 radical (unpaired) electrons. The van der Waals surface area contributed by atoms with Crippen LogP contribution in [0.2, 0.25) is 0 Å². The van der Waals surface area contributed by atoms with Gasteiger partial charge in [0, 0.05) is 25.4 Å². The van der Waals surface area contributed by atoms with Crippen LogP contribution < -0.4 is 25.5 Å². The second kappa shape index (κ2) is 10.7. The zero-order chi connectivity index (χ0) is 24.1. The number of ether oxygens (including phenoxy) is 2. The van der Waals surface area contributed by atoms with Gasteiger partial charge < -0.3 is 29.6 Å². The quantitative estimate of drug-likeness (QED) is 0.528. The lowest BCUT2D eigenvalue weighted by Gasteiger charge is -2.21. The largest absolute Gasteiger partial charge is 0.454 e. The molecule has 2 amide bonds. The number of nitrogens with one attached hydrogen (secondary N) is 2. The Bertz CT molecular complexity index is 1080. The summed E-state index contributed by atoms with van der Waals surface area (Å²) in [6.07, 6.45) is 2.83. The molecule has 1 aromatic carbocycles. The number of rotatable bonds is 10. The SMILES string of the molecule is CCn1cc(C(=O)N[C@@H](CC(C)C)C(=O)NCCCN(C)C)c(=O)c2cc3c(cc21)OCO3. The van der Waals surface area contributed by atoms with E-state index in [0.717, 1.165) is 13.0 Å². The second-order valence-corrected chi connectivity index (χ2v) is 8.98. The normalized spacial score (nSPS) is 13.5. The Morgan fingerprint density at radius 1 is 1.18 bits per heavy atom. The van der Waals surface area contributed by atoms with Crippen LogP contribution in [-0.2, 0) is 11.3 Å². The number of carbonyl (C=O) groups excluding carboxylic acids is 2. The number of pyridine rings is 1. The van der Waals surface area contributed by atoms with Gasteiger partial charge in [0.25, 0.3) is 5.91 Å². The monoisotopic (exact) mass is 458 g/mol. The standard InChI is InChI=1S/C24H34N4O5/c1-6-28-13-17(22(29)16-11-20-21(12-19(16)28)33-14-32-20)23(30)26-18(10-15(2)3)24(31)25-8-7-9-27(4)5/h11-13,15,18H,6-10,14H2,1-5H3,(H,25,31)(H,26,30)/t18-/m0/s1. The number of nitrogens with zero attached hydrogens (tertiary/aromatic N) is 2. The average molecular weight is 459 g/mol. The summed E-state index contributed by atoms with van der Waals surface area (Å²) in [5.41, 5.74) is 0.262. The van der Waals surface area contributed by atoms with Crippen molar-refractivity contribution in [3.8, 4) is 11.5 Å². The molecule has 1 aromatic heterocycles. The third kappa shape index (κ3) is 5.84. The lowest BCUT2D eigenvalue weighted by atomic mass is 10.0. The number of aromatic nitrogens is 1. The average Bonchev–Trinajstić information content (AvgIpc) is 3.22. The smallest absolute Gasteiger partial charge is 0.257 e. The molecule has 0 aliphatic carbocycles. The predicted molar refractivity (Wildman–Crippen MR) is 127 cm³/mol. The third-order valence-electron chi connectivity index (χ3n) is 5.57. The number of hydrogen-bond acceptors (Lipinski definition) is 6. The van der Waals surface area contributed by atoms with Gasteiger partial charge in [-0.15, -0.1) is 0 Å². The van der Waals surface area contributed by atoms with E-state index in [1.54, 1.807) is 18.3 Å². The van der Waals surface area contributed by atoms with Gasteiger partial charge >= 0.3 is 0 Å². The highest BCUT2D eigenvalue weighted by Crippen LogP contribution is 2.35. The van der Waals surface area contributed by atoms with Crippen LogP contribution in [0.25, 0.3) is 10.9 Å². The van der Waals surface area contributed by atoms with Crippen LogP contribution in [0, 0.1) is 5.92 Å². The van der Waals surface area contributed by atoms with Crippen LogP contribution in [0.3, 0.4) is 0 Å². The molecule has 0 saturated heterocycles. The lowest BCUT2D eigenvalue weighted by molar-refractivity contribution is -0.123. The minimum Gasteiger partial charge on any atom is -0.454 e. The maximum atomic E-state index is 13.2. The van der Waals surface area contributed by atoms with Gasteiger partial charge in [-0.2, -0.15) is 0 Å². The first-order valence-corrected chi connectivity index (χ1v) is 11.4. The van der Waals surface area contributed by atoms with Crippen molar-refractivity contribution in [2.24, 2.45) is 5.92 Å². The van der Waals surface area contributed by atoms with Gasteiger partial charge in [0.15, 0.2) is 11.5 Å². The molecule has 9 heteroatoms. The minimum atomic E-state index is -0.723. The molecule has 0 saturated carbocycles. The van der Waals surface area contributed by atoms with E-state index in [4.69, 9.17) is 9.47 Å². The van der Waals surface area contributed by atoms with E-state index >= 15 is 0 Å². The highest BCUT2D eigenvalue weighted by Gasteiger charge is 2.25. The van der Waals surface area contributed by atoms with E-state index in [2.05, 4.69) is 10.6 Å². The Morgan fingerprint density at radius 2 is 1.88 bits per heavy atom. The van der Waals surface area contributed by atoms with Crippen molar-refractivity contribution < 1.29 is 19.1 Å². The van der Waals surface area contributed by atoms with Crippen LogP contribution >= 0.6 is 0 Å².